The molecule has 0 amide bonds. The predicted octanol–water partition coefficient (Wildman–Crippen LogP) is 6.01. The second kappa shape index (κ2) is 8.64. The molecule has 5 rings (SSSR count). The van der Waals surface area contributed by atoms with E-state index in [1.807, 2.05) is 65.3 Å². The van der Waals surface area contributed by atoms with Gasteiger partial charge in [-0.3, -0.25) is 0 Å². The first-order valence-electron chi connectivity index (χ1n) is 10.7. The van der Waals surface area contributed by atoms with Crippen LogP contribution in [0.2, 0.25) is 0 Å². The summed E-state index contributed by atoms with van der Waals surface area (Å²) >= 11 is 0. The van der Waals surface area contributed by atoms with E-state index in [9.17, 15) is 4.39 Å². The van der Waals surface area contributed by atoms with E-state index in [-0.39, 0.29) is 5.82 Å². The monoisotopic (exact) mass is 413 g/mol. The van der Waals surface area contributed by atoms with E-state index in [0.717, 1.165) is 54.2 Å². The molecule has 3 aromatic carbocycles. The van der Waals surface area contributed by atoms with Crippen LogP contribution in [0, 0.1) is 5.82 Å². The molecule has 0 radical (unpaired) electrons. The van der Waals surface area contributed by atoms with Crippen LogP contribution >= 0.6 is 0 Å². The number of halogens is 1. The lowest BCUT2D eigenvalue weighted by molar-refractivity contribution is 0.306. The Morgan fingerprint density at radius 1 is 0.903 bits per heavy atom. The number of fused-ring (bicyclic) bond motifs is 1. The normalized spacial score (nSPS) is 13.2. The van der Waals surface area contributed by atoms with Crippen LogP contribution in [-0.4, -0.2) is 16.3 Å². The highest BCUT2D eigenvalue weighted by atomic mass is 19.1. The SMILES string of the molecule is Fc1ccccc1-c1nn(-c2ccc(OCc3ccccc3)cc2)c2c1CCCCN2. The average Bonchev–Trinajstić information content (AvgIpc) is 2.99. The van der Waals surface area contributed by atoms with Crippen LogP contribution < -0.4 is 10.1 Å². The summed E-state index contributed by atoms with van der Waals surface area (Å²) < 4.78 is 22.4. The fourth-order valence-electron chi connectivity index (χ4n) is 3.98. The summed E-state index contributed by atoms with van der Waals surface area (Å²) in [4.78, 5) is 0. The van der Waals surface area contributed by atoms with Gasteiger partial charge in [-0.1, -0.05) is 42.5 Å². The molecule has 0 unspecified atom stereocenters. The van der Waals surface area contributed by atoms with E-state index >= 15 is 0 Å². The van der Waals surface area contributed by atoms with Gasteiger partial charge in [-0.2, -0.15) is 5.10 Å². The van der Waals surface area contributed by atoms with Crippen molar-refractivity contribution in [2.75, 3.05) is 11.9 Å². The number of nitrogens with zero attached hydrogens (tertiary/aromatic N) is 2. The number of aromatic nitrogens is 2. The third kappa shape index (κ3) is 4.04. The number of hydrogen-bond acceptors (Lipinski definition) is 3. The van der Waals surface area contributed by atoms with Gasteiger partial charge < -0.3 is 10.1 Å². The number of hydrogen-bond donors (Lipinski definition) is 1. The molecule has 0 saturated carbocycles. The maximum Gasteiger partial charge on any atom is 0.133 e. The van der Waals surface area contributed by atoms with Gasteiger partial charge in [0.15, 0.2) is 0 Å². The molecule has 1 aliphatic rings. The van der Waals surface area contributed by atoms with Crippen molar-refractivity contribution in [3.05, 3.63) is 95.8 Å². The van der Waals surface area contributed by atoms with E-state index in [1.54, 1.807) is 12.1 Å². The predicted molar refractivity (Wildman–Crippen MR) is 121 cm³/mol. The van der Waals surface area contributed by atoms with Crippen molar-refractivity contribution in [2.45, 2.75) is 25.9 Å². The van der Waals surface area contributed by atoms with E-state index in [0.29, 0.717) is 17.9 Å². The first-order valence-corrected chi connectivity index (χ1v) is 10.7. The lowest BCUT2D eigenvalue weighted by Crippen LogP contribution is -2.07. The molecule has 1 aliphatic heterocycles. The first-order chi connectivity index (χ1) is 15.3. The number of anilines is 1. The molecule has 4 aromatic rings. The van der Waals surface area contributed by atoms with Gasteiger partial charge in [-0.25, -0.2) is 9.07 Å². The Morgan fingerprint density at radius 2 is 1.68 bits per heavy atom. The lowest BCUT2D eigenvalue weighted by Gasteiger charge is -2.11. The summed E-state index contributed by atoms with van der Waals surface area (Å²) in [5, 5.41) is 8.34. The van der Waals surface area contributed by atoms with Crippen molar-refractivity contribution in [3.63, 3.8) is 0 Å². The average molecular weight is 413 g/mol. The van der Waals surface area contributed by atoms with E-state index in [2.05, 4.69) is 5.32 Å². The van der Waals surface area contributed by atoms with Crippen molar-refractivity contribution in [3.8, 4) is 22.7 Å². The van der Waals surface area contributed by atoms with Crippen molar-refractivity contribution in [2.24, 2.45) is 0 Å². The molecule has 0 aliphatic carbocycles. The maximum absolute atomic E-state index is 14.6. The van der Waals surface area contributed by atoms with Gasteiger partial charge in [0, 0.05) is 17.7 Å². The number of benzene rings is 3. The second-order valence-corrected chi connectivity index (χ2v) is 7.72. The zero-order chi connectivity index (χ0) is 21.0. The largest absolute Gasteiger partial charge is 0.489 e. The topological polar surface area (TPSA) is 39.1 Å². The summed E-state index contributed by atoms with van der Waals surface area (Å²) in [6.07, 6.45) is 3.02. The molecule has 0 atom stereocenters. The highest BCUT2D eigenvalue weighted by Gasteiger charge is 2.23. The van der Waals surface area contributed by atoms with Crippen LogP contribution in [0.1, 0.15) is 24.0 Å². The Balaban J connectivity index is 1.46. The Labute approximate surface area is 181 Å². The van der Waals surface area contributed by atoms with Gasteiger partial charge in [-0.05, 0) is 61.2 Å². The van der Waals surface area contributed by atoms with Crippen molar-refractivity contribution < 1.29 is 9.13 Å². The zero-order valence-corrected chi connectivity index (χ0v) is 17.2. The zero-order valence-electron chi connectivity index (χ0n) is 17.2. The summed E-state index contributed by atoms with van der Waals surface area (Å²) in [6.45, 7) is 1.41. The van der Waals surface area contributed by atoms with Crippen LogP contribution in [0.25, 0.3) is 16.9 Å². The van der Waals surface area contributed by atoms with Gasteiger partial charge in [0.05, 0.1) is 5.69 Å². The van der Waals surface area contributed by atoms with E-state index < -0.39 is 0 Å². The first kappa shape index (κ1) is 19.4. The second-order valence-electron chi connectivity index (χ2n) is 7.72. The van der Waals surface area contributed by atoms with Crippen LogP contribution in [-0.2, 0) is 13.0 Å². The van der Waals surface area contributed by atoms with Gasteiger partial charge in [0.2, 0.25) is 0 Å². The number of ether oxygens (including phenoxy) is 1. The Hall–Kier alpha value is -3.60. The summed E-state index contributed by atoms with van der Waals surface area (Å²) in [5.74, 6) is 1.51. The van der Waals surface area contributed by atoms with Crippen molar-refractivity contribution in [1.29, 1.82) is 0 Å². The van der Waals surface area contributed by atoms with Gasteiger partial charge in [-0.15, -0.1) is 0 Å². The minimum atomic E-state index is -0.246. The Kier molecular flexibility index (Phi) is 5.40. The van der Waals surface area contributed by atoms with Crippen LogP contribution in [0.15, 0.2) is 78.9 Å². The molecule has 0 bridgehead atoms. The molecular weight excluding hydrogens is 389 g/mol. The maximum atomic E-state index is 14.6. The molecule has 2 heterocycles. The molecular formula is C26H24FN3O. The third-order valence-corrected chi connectivity index (χ3v) is 5.59. The van der Waals surface area contributed by atoms with Crippen LogP contribution in [0.4, 0.5) is 10.2 Å². The molecule has 0 saturated heterocycles. The molecule has 0 spiro atoms. The smallest absolute Gasteiger partial charge is 0.133 e. The molecule has 0 fully saturated rings. The molecule has 31 heavy (non-hydrogen) atoms. The van der Waals surface area contributed by atoms with Gasteiger partial charge >= 0.3 is 0 Å². The molecule has 4 nitrogen and oxygen atoms in total. The van der Waals surface area contributed by atoms with Crippen LogP contribution in [0.5, 0.6) is 5.75 Å². The Morgan fingerprint density at radius 3 is 2.48 bits per heavy atom. The fourth-order valence-corrected chi connectivity index (χ4v) is 3.98. The highest BCUT2D eigenvalue weighted by molar-refractivity contribution is 5.71. The Bertz CT molecular complexity index is 1170. The molecule has 5 heteroatoms. The van der Waals surface area contributed by atoms with Crippen molar-refractivity contribution >= 4 is 5.82 Å². The number of rotatable bonds is 5. The molecule has 1 N–H and O–H groups in total. The number of nitrogens with one attached hydrogen (secondary N) is 1. The fraction of sp³-hybridized carbons (Fsp3) is 0.192. The van der Waals surface area contributed by atoms with E-state index in [4.69, 9.17) is 9.84 Å². The molecule has 156 valence electrons. The summed E-state index contributed by atoms with van der Waals surface area (Å²) in [7, 11) is 0. The summed E-state index contributed by atoms with van der Waals surface area (Å²) in [6, 6.07) is 24.8. The molecule has 1 aromatic heterocycles. The summed E-state index contributed by atoms with van der Waals surface area (Å²) in [5.41, 5.74) is 4.38. The van der Waals surface area contributed by atoms with Crippen molar-refractivity contribution in [1.82, 2.24) is 9.78 Å². The lowest BCUT2D eigenvalue weighted by atomic mass is 10.0. The standard InChI is InChI=1S/C26H24FN3O/c27-24-12-5-4-10-22(24)25-23-11-6-7-17-28-26(23)30(29-25)20-13-15-21(16-14-20)31-18-19-8-2-1-3-9-19/h1-5,8-10,12-16,28H,6-7,11,17-18H2. The van der Waals surface area contributed by atoms with Gasteiger partial charge in [0.25, 0.3) is 0 Å². The van der Waals surface area contributed by atoms with Gasteiger partial charge in [0.1, 0.15) is 29.7 Å². The quantitative estimate of drug-likeness (QED) is 0.436. The minimum absolute atomic E-state index is 0.246. The van der Waals surface area contributed by atoms with Crippen LogP contribution in [0.3, 0.4) is 0 Å². The highest BCUT2D eigenvalue weighted by Crippen LogP contribution is 2.35. The van der Waals surface area contributed by atoms with E-state index in [1.165, 1.54) is 6.07 Å². The minimum Gasteiger partial charge on any atom is -0.489 e. The third-order valence-electron chi connectivity index (χ3n) is 5.59.